The molecule has 5 nitrogen and oxygen atoms in total. The molecular formula is C16H24N2O3. The second kappa shape index (κ2) is 7.31. The van der Waals surface area contributed by atoms with Crippen molar-refractivity contribution in [2.75, 3.05) is 13.7 Å². The van der Waals surface area contributed by atoms with Gasteiger partial charge in [-0.2, -0.15) is 0 Å². The van der Waals surface area contributed by atoms with Crippen molar-refractivity contribution in [1.82, 2.24) is 5.32 Å². The molecule has 21 heavy (non-hydrogen) atoms. The highest BCUT2D eigenvalue weighted by atomic mass is 16.5. The number of carbonyl (C=O) groups is 1. The summed E-state index contributed by atoms with van der Waals surface area (Å²) in [5, 5.41) is 2.94. The summed E-state index contributed by atoms with van der Waals surface area (Å²) in [6.45, 7) is 2.32. The molecule has 1 aliphatic carbocycles. The van der Waals surface area contributed by atoms with Crippen LogP contribution in [0.25, 0.3) is 0 Å². The molecule has 0 radical (unpaired) electrons. The van der Waals surface area contributed by atoms with Crippen molar-refractivity contribution in [1.29, 1.82) is 0 Å². The Morgan fingerprint density at radius 2 is 2.19 bits per heavy atom. The molecule has 116 valence electrons. The molecule has 0 saturated heterocycles. The number of carbonyl (C=O) groups excluding carboxylic acids is 1. The first kappa shape index (κ1) is 15.6. The number of benzene rings is 1. The van der Waals surface area contributed by atoms with Crippen molar-refractivity contribution in [2.45, 2.75) is 44.7 Å². The topological polar surface area (TPSA) is 73.6 Å². The first-order valence-electron chi connectivity index (χ1n) is 7.43. The second-order valence-corrected chi connectivity index (χ2v) is 5.61. The monoisotopic (exact) mass is 292 g/mol. The minimum absolute atomic E-state index is 0.0463. The molecule has 2 rings (SSSR count). The van der Waals surface area contributed by atoms with Crippen LogP contribution in [-0.4, -0.2) is 31.7 Å². The van der Waals surface area contributed by atoms with Gasteiger partial charge in [0.25, 0.3) is 0 Å². The van der Waals surface area contributed by atoms with E-state index in [0.717, 1.165) is 24.8 Å². The number of methoxy groups -OCH3 is 1. The number of hydrogen-bond acceptors (Lipinski definition) is 4. The first-order chi connectivity index (χ1) is 10.1. The molecule has 0 aliphatic heterocycles. The van der Waals surface area contributed by atoms with Gasteiger partial charge in [0.15, 0.2) is 11.5 Å². The lowest BCUT2D eigenvalue weighted by Crippen LogP contribution is -2.26. The summed E-state index contributed by atoms with van der Waals surface area (Å²) in [4.78, 5) is 11.6. The van der Waals surface area contributed by atoms with Gasteiger partial charge in [-0.15, -0.1) is 0 Å². The molecule has 5 heteroatoms. The smallest absolute Gasteiger partial charge is 0.223 e. The van der Waals surface area contributed by atoms with Gasteiger partial charge in [0.2, 0.25) is 5.91 Å². The SMILES string of the molecule is COc1cc(CC(C)N)ccc1OCCC(=O)NC1CC1. The lowest BCUT2D eigenvalue weighted by molar-refractivity contribution is -0.121. The average Bonchev–Trinajstić information content (AvgIpc) is 3.23. The highest BCUT2D eigenvalue weighted by Crippen LogP contribution is 2.28. The van der Waals surface area contributed by atoms with Crippen LogP contribution < -0.4 is 20.5 Å². The van der Waals surface area contributed by atoms with Crippen LogP contribution in [0.15, 0.2) is 18.2 Å². The largest absolute Gasteiger partial charge is 0.493 e. The fourth-order valence-electron chi connectivity index (χ4n) is 2.11. The van der Waals surface area contributed by atoms with Gasteiger partial charge in [0.05, 0.1) is 20.1 Å². The van der Waals surface area contributed by atoms with Crippen molar-refractivity contribution < 1.29 is 14.3 Å². The van der Waals surface area contributed by atoms with E-state index in [2.05, 4.69) is 5.32 Å². The minimum Gasteiger partial charge on any atom is -0.493 e. The zero-order valence-electron chi connectivity index (χ0n) is 12.7. The Bertz CT molecular complexity index is 484. The summed E-state index contributed by atoms with van der Waals surface area (Å²) in [5.74, 6) is 1.38. The van der Waals surface area contributed by atoms with Crippen LogP contribution in [0.3, 0.4) is 0 Å². The zero-order chi connectivity index (χ0) is 15.2. The van der Waals surface area contributed by atoms with E-state index >= 15 is 0 Å². The first-order valence-corrected chi connectivity index (χ1v) is 7.43. The number of ether oxygens (including phenoxy) is 2. The standard InChI is InChI=1S/C16H24N2O3/c1-11(17)9-12-3-6-14(15(10-12)20-2)21-8-7-16(19)18-13-4-5-13/h3,6,10-11,13H,4-5,7-9,17H2,1-2H3,(H,18,19). The third kappa shape index (κ3) is 5.27. The number of hydrogen-bond donors (Lipinski definition) is 2. The molecule has 0 aromatic heterocycles. The summed E-state index contributed by atoms with van der Waals surface area (Å²) >= 11 is 0. The van der Waals surface area contributed by atoms with Gasteiger partial charge < -0.3 is 20.5 Å². The Labute approximate surface area is 125 Å². The Hall–Kier alpha value is -1.75. The van der Waals surface area contributed by atoms with E-state index in [4.69, 9.17) is 15.2 Å². The van der Waals surface area contributed by atoms with Gasteiger partial charge in [0.1, 0.15) is 0 Å². The highest BCUT2D eigenvalue weighted by Gasteiger charge is 2.22. The molecule has 0 heterocycles. The summed E-state index contributed by atoms with van der Waals surface area (Å²) in [6, 6.07) is 6.28. The van der Waals surface area contributed by atoms with Gasteiger partial charge in [-0.1, -0.05) is 6.07 Å². The normalized spacial score (nSPS) is 15.4. The Morgan fingerprint density at radius 1 is 1.43 bits per heavy atom. The second-order valence-electron chi connectivity index (χ2n) is 5.61. The molecule has 3 N–H and O–H groups in total. The lowest BCUT2D eigenvalue weighted by Gasteiger charge is -2.13. The van der Waals surface area contributed by atoms with E-state index < -0.39 is 0 Å². The van der Waals surface area contributed by atoms with Crippen LogP contribution in [0.1, 0.15) is 31.7 Å². The van der Waals surface area contributed by atoms with Crippen LogP contribution in [0.2, 0.25) is 0 Å². The molecule has 1 saturated carbocycles. The summed E-state index contributed by atoms with van der Waals surface area (Å²) in [6.07, 6.45) is 3.35. The third-order valence-corrected chi connectivity index (χ3v) is 3.31. The molecule has 0 bridgehead atoms. The van der Waals surface area contributed by atoms with Gasteiger partial charge in [-0.25, -0.2) is 0 Å². The number of nitrogens with one attached hydrogen (secondary N) is 1. The van der Waals surface area contributed by atoms with Crippen molar-refractivity contribution in [3.63, 3.8) is 0 Å². The van der Waals surface area contributed by atoms with Gasteiger partial charge in [-0.3, -0.25) is 4.79 Å². The molecular weight excluding hydrogens is 268 g/mol. The zero-order valence-corrected chi connectivity index (χ0v) is 12.7. The number of rotatable bonds is 8. The quantitative estimate of drug-likeness (QED) is 0.764. The molecule has 1 aromatic rings. The lowest BCUT2D eigenvalue weighted by atomic mass is 10.1. The summed E-state index contributed by atoms with van der Waals surface area (Å²) in [7, 11) is 1.61. The fourth-order valence-corrected chi connectivity index (χ4v) is 2.11. The number of nitrogens with two attached hydrogens (primary N) is 1. The maximum atomic E-state index is 11.6. The summed E-state index contributed by atoms with van der Waals surface area (Å²) in [5.41, 5.74) is 6.91. The Balaban J connectivity index is 1.84. The van der Waals surface area contributed by atoms with E-state index in [0.29, 0.717) is 30.6 Å². The van der Waals surface area contributed by atoms with Crippen LogP contribution >= 0.6 is 0 Å². The fraction of sp³-hybridized carbons (Fsp3) is 0.562. The van der Waals surface area contributed by atoms with Gasteiger partial charge in [-0.05, 0) is 43.9 Å². The molecule has 1 unspecified atom stereocenters. The third-order valence-electron chi connectivity index (χ3n) is 3.31. The van der Waals surface area contributed by atoms with E-state index in [-0.39, 0.29) is 11.9 Å². The van der Waals surface area contributed by atoms with Crippen molar-refractivity contribution in [3.8, 4) is 11.5 Å². The van der Waals surface area contributed by atoms with Crippen LogP contribution in [0.4, 0.5) is 0 Å². The molecule has 1 atom stereocenters. The predicted molar refractivity (Wildman–Crippen MR) is 81.6 cm³/mol. The number of amides is 1. The maximum absolute atomic E-state index is 11.6. The van der Waals surface area contributed by atoms with E-state index in [1.165, 1.54) is 0 Å². The maximum Gasteiger partial charge on any atom is 0.223 e. The minimum atomic E-state index is 0.0463. The predicted octanol–water partition coefficient (Wildman–Crippen LogP) is 1.63. The van der Waals surface area contributed by atoms with Crippen molar-refractivity contribution in [3.05, 3.63) is 23.8 Å². The van der Waals surface area contributed by atoms with Crippen LogP contribution in [0.5, 0.6) is 11.5 Å². The van der Waals surface area contributed by atoms with E-state index in [9.17, 15) is 4.79 Å². The average molecular weight is 292 g/mol. The molecule has 0 spiro atoms. The summed E-state index contributed by atoms with van der Waals surface area (Å²) < 4.78 is 11.0. The van der Waals surface area contributed by atoms with E-state index in [1.54, 1.807) is 7.11 Å². The van der Waals surface area contributed by atoms with Crippen molar-refractivity contribution in [2.24, 2.45) is 5.73 Å². The van der Waals surface area contributed by atoms with Crippen LogP contribution in [-0.2, 0) is 11.2 Å². The highest BCUT2D eigenvalue weighted by molar-refractivity contribution is 5.76. The van der Waals surface area contributed by atoms with Gasteiger partial charge >= 0.3 is 0 Å². The van der Waals surface area contributed by atoms with E-state index in [1.807, 2.05) is 25.1 Å². The molecule has 1 aliphatic rings. The molecule has 1 aromatic carbocycles. The Kier molecular flexibility index (Phi) is 5.44. The Morgan fingerprint density at radius 3 is 2.81 bits per heavy atom. The van der Waals surface area contributed by atoms with Gasteiger partial charge in [0, 0.05) is 12.1 Å². The molecule has 1 fully saturated rings. The molecule has 1 amide bonds. The van der Waals surface area contributed by atoms with Crippen molar-refractivity contribution >= 4 is 5.91 Å². The van der Waals surface area contributed by atoms with Crippen LogP contribution in [0, 0.1) is 0 Å².